The summed E-state index contributed by atoms with van der Waals surface area (Å²) in [5.74, 6) is 1.29. The summed E-state index contributed by atoms with van der Waals surface area (Å²) in [5.41, 5.74) is 0.945. The van der Waals surface area contributed by atoms with Crippen molar-refractivity contribution in [1.29, 1.82) is 0 Å². The van der Waals surface area contributed by atoms with E-state index in [1.54, 1.807) is 19.2 Å². The molecule has 6 nitrogen and oxygen atoms in total. The smallest absolute Gasteiger partial charge is 0.191 e. The molecule has 0 aromatic heterocycles. The third-order valence-electron chi connectivity index (χ3n) is 5.61. The number of anilines is 1. The lowest BCUT2D eigenvalue weighted by molar-refractivity contribution is 0.0203. The molecule has 7 heteroatoms. The van der Waals surface area contributed by atoms with Gasteiger partial charge in [0.15, 0.2) is 5.96 Å². The number of benzene rings is 1. The Balaban J connectivity index is 1.32. The van der Waals surface area contributed by atoms with E-state index in [9.17, 15) is 4.39 Å². The first-order valence-electron chi connectivity index (χ1n) is 10.9. The molecule has 1 aromatic rings. The van der Waals surface area contributed by atoms with E-state index in [4.69, 9.17) is 9.47 Å². The maximum Gasteiger partial charge on any atom is 0.191 e. The van der Waals surface area contributed by atoms with Crippen LogP contribution in [0.15, 0.2) is 29.3 Å². The molecule has 1 aromatic carbocycles. The molecule has 2 N–H and O–H groups in total. The summed E-state index contributed by atoms with van der Waals surface area (Å²) in [7, 11) is 1.80. The SMILES string of the molecule is CN=C(NCCCOCC1CCOCC1)NC1CCCN(c2cccc(F)c2)C1. The van der Waals surface area contributed by atoms with Crippen LogP contribution in [0.4, 0.5) is 10.1 Å². The van der Waals surface area contributed by atoms with Crippen LogP contribution in [-0.4, -0.2) is 65.1 Å². The Bertz CT molecular complexity index is 637. The van der Waals surface area contributed by atoms with Gasteiger partial charge in [0.25, 0.3) is 0 Å². The van der Waals surface area contributed by atoms with E-state index >= 15 is 0 Å². The van der Waals surface area contributed by atoms with Crippen LogP contribution in [0.2, 0.25) is 0 Å². The van der Waals surface area contributed by atoms with Crippen LogP contribution >= 0.6 is 0 Å². The quantitative estimate of drug-likeness (QED) is 0.395. The molecule has 2 saturated heterocycles. The third kappa shape index (κ3) is 7.48. The topological polar surface area (TPSA) is 58.1 Å². The van der Waals surface area contributed by atoms with E-state index in [0.29, 0.717) is 12.0 Å². The molecule has 162 valence electrons. The van der Waals surface area contributed by atoms with Crippen molar-refractivity contribution in [2.45, 2.75) is 38.1 Å². The summed E-state index contributed by atoms with van der Waals surface area (Å²) in [5, 5.41) is 6.89. The second-order valence-electron chi connectivity index (χ2n) is 7.89. The van der Waals surface area contributed by atoms with Crippen molar-refractivity contribution >= 4 is 11.6 Å². The second kappa shape index (κ2) is 12.0. The number of ether oxygens (including phenoxy) is 2. The van der Waals surface area contributed by atoms with Gasteiger partial charge in [-0.25, -0.2) is 4.39 Å². The van der Waals surface area contributed by atoms with Gasteiger partial charge in [0.1, 0.15) is 5.82 Å². The summed E-state index contributed by atoms with van der Waals surface area (Å²) in [6.45, 7) is 5.97. The van der Waals surface area contributed by atoms with Crippen LogP contribution in [0, 0.1) is 11.7 Å². The zero-order valence-corrected chi connectivity index (χ0v) is 17.5. The molecule has 0 spiro atoms. The van der Waals surface area contributed by atoms with Gasteiger partial charge in [-0.05, 0) is 56.2 Å². The number of rotatable bonds is 8. The molecular formula is C22H35FN4O2. The van der Waals surface area contributed by atoms with Crippen LogP contribution in [-0.2, 0) is 9.47 Å². The highest BCUT2D eigenvalue weighted by molar-refractivity contribution is 5.80. The molecule has 1 unspecified atom stereocenters. The fraction of sp³-hybridized carbons (Fsp3) is 0.682. The molecule has 0 saturated carbocycles. The number of hydrogen-bond acceptors (Lipinski definition) is 4. The van der Waals surface area contributed by atoms with Gasteiger partial charge in [-0.3, -0.25) is 4.99 Å². The average molecular weight is 407 g/mol. The van der Waals surface area contributed by atoms with Crippen molar-refractivity contribution in [3.8, 4) is 0 Å². The van der Waals surface area contributed by atoms with E-state index < -0.39 is 0 Å². The summed E-state index contributed by atoms with van der Waals surface area (Å²) in [4.78, 5) is 6.58. The number of hydrogen-bond donors (Lipinski definition) is 2. The van der Waals surface area contributed by atoms with E-state index in [1.165, 1.54) is 6.07 Å². The summed E-state index contributed by atoms with van der Waals surface area (Å²) >= 11 is 0. The molecule has 29 heavy (non-hydrogen) atoms. The molecule has 0 aliphatic carbocycles. The highest BCUT2D eigenvalue weighted by Crippen LogP contribution is 2.20. The Labute approximate surface area is 173 Å². The Morgan fingerprint density at radius 2 is 2.17 bits per heavy atom. The first-order valence-corrected chi connectivity index (χ1v) is 10.9. The van der Waals surface area contributed by atoms with Crippen LogP contribution < -0.4 is 15.5 Å². The predicted octanol–water partition coefficient (Wildman–Crippen LogP) is 2.79. The molecule has 3 rings (SSSR count). The minimum absolute atomic E-state index is 0.186. The zero-order valence-electron chi connectivity index (χ0n) is 17.5. The Kier molecular flexibility index (Phi) is 9.02. The van der Waals surface area contributed by atoms with Crippen LogP contribution in [0.5, 0.6) is 0 Å². The van der Waals surface area contributed by atoms with E-state index in [-0.39, 0.29) is 5.82 Å². The second-order valence-corrected chi connectivity index (χ2v) is 7.89. The van der Waals surface area contributed by atoms with E-state index in [2.05, 4.69) is 20.5 Å². The largest absolute Gasteiger partial charge is 0.381 e. The molecular weight excluding hydrogens is 371 g/mol. The molecule has 2 aliphatic rings. The summed E-state index contributed by atoms with van der Waals surface area (Å²) < 4.78 is 24.7. The van der Waals surface area contributed by atoms with Crippen molar-refractivity contribution < 1.29 is 13.9 Å². The van der Waals surface area contributed by atoms with Crippen molar-refractivity contribution in [3.63, 3.8) is 0 Å². The monoisotopic (exact) mass is 406 g/mol. The lowest BCUT2D eigenvalue weighted by atomic mass is 10.0. The first-order chi connectivity index (χ1) is 14.2. The maximum atomic E-state index is 13.5. The maximum absolute atomic E-state index is 13.5. The van der Waals surface area contributed by atoms with E-state index in [1.807, 2.05) is 6.07 Å². The van der Waals surface area contributed by atoms with Crippen LogP contribution in [0.3, 0.4) is 0 Å². The number of nitrogens with one attached hydrogen (secondary N) is 2. The molecule has 1 atom stereocenters. The molecule has 2 aliphatic heterocycles. The van der Waals surface area contributed by atoms with Gasteiger partial charge in [-0.2, -0.15) is 0 Å². The van der Waals surface area contributed by atoms with Crippen molar-refractivity contribution in [2.75, 3.05) is 58.0 Å². The average Bonchev–Trinajstić information content (AvgIpc) is 2.76. The third-order valence-corrected chi connectivity index (χ3v) is 5.61. The highest BCUT2D eigenvalue weighted by Gasteiger charge is 2.21. The van der Waals surface area contributed by atoms with E-state index in [0.717, 1.165) is 89.8 Å². The van der Waals surface area contributed by atoms with Gasteiger partial charge in [-0.1, -0.05) is 6.07 Å². The van der Waals surface area contributed by atoms with Gasteiger partial charge < -0.3 is 25.0 Å². The van der Waals surface area contributed by atoms with Gasteiger partial charge in [0.2, 0.25) is 0 Å². The van der Waals surface area contributed by atoms with Crippen molar-refractivity contribution in [2.24, 2.45) is 10.9 Å². The normalized spacial score (nSPS) is 21.2. The number of guanidine groups is 1. The Hall–Kier alpha value is -1.86. The lowest BCUT2D eigenvalue weighted by Gasteiger charge is -2.35. The predicted molar refractivity (Wildman–Crippen MR) is 115 cm³/mol. The molecule has 0 radical (unpaired) electrons. The molecule has 2 heterocycles. The van der Waals surface area contributed by atoms with Gasteiger partial charge in [0.05, 0.1) is 0 Å². The van der Waals surface area contributed by atoms with Gasteiger partial charge in [-0.15, -0.1) is 0 Å². The fourth-order valence-electron chi connectivity index (χ4n) is 3.93. The van der Waals surface area contributed by atoms with Crippen molar-refractivity contribution in [3.05, 3.63) is 30.1 Å². The first kappa shape index (κ1) is 21.8. The summed E-state index contributed by atoms with van der Waals surface area (Å²) in [6.07, 6.45) is 5.33. The molecule has 0 bridgehead atoms. The van der Waals surface area contributed by atoms with Crippen LogP contribution in [0.1, 0.15) is 32.1 Å². The Morgan fingerprint density at radius 3 is 2.97 bits per heavy atom. The number of halogens is 1. The number of aliphatic imine (C=N–C) groups is 1. The minimum Gasteiger partial charge on any atom is -0.381 e. The molecule has 2 fully saturated rings. The van der Waals surface area contributed by atoms with Crippen LogP contribution in [0.25, 0.3) is 0 Å². The van der Waals surface area contributed by atoms with Crippen molar-refractivity contribution in [1.82, 2.24) is 10.6 Å². The standard InChI is InChI=1S/C22H35FN4O2/c1-24-22(25-10-4-12-29-17-18-8-13-28-14-9-18)26-20-6-3-11-27(16-20)21-7-2-5-19(23)15-21/h2,5,7,15,18,20H,3-4,6,8-14,16-17H2,1H3,(H2,24,25,26). The fourth-order valence-corrected chi connectivity index (χ4v) is 3.93. The number of nitrogens with zero attached hydrogens (tertiary/aromatic N) is 2. The minimum atomic E-state index is -0.186. The summed E-state index contributed by atoms with van der Waals surface area (Å²) in [6, 6.07) is 7.13. The zero-order chi connectivity index (χ0) is 20.3. The van der Waals surface area contributed by atoms with Gasteiger partial charge >= 0.3 is 0 Å². The van der Waals surface area contributed by atoms with Gasteiger partial charge in [0, 0.05) is 64.8 Å². The molecule has 0 amide bonds. The lowest BCUT2D eigenvalue weighted by Crippen LogP contribution is -2.51. The Morgan fingerprint density at radius 1 is 1.31 bits per heavy atom. The highest BCUT2D eigenvalue weighted by atomic mass is 19.1. The number of piperidine rings is 1.